The number of hydrogen-bond acceptors (Lipinski definition) is 1. The predicted octanol–water partition coefficient (Wildman–Crippen LogP) is 2.59. The third-order valence-corrected chi connectivity index (χ3v) is 2.34. The topological polar surface area (TPSA) is 29.1 Å². The van der Waals surface area contributed by atoms with Crippen LogP contribution in [0.2, 0.25) is 0 Å². The molecule has 1 rings (SSSR count). The Morgan fingerprint density at radius 2 is 2.13 bits per heavy atom. The Kier molecular flexibility index (Phi) is 4.35. The van der Waals surface area contributed by atoms with Gasteiger partial charge in [-0.3, -0.25) is 4.79 Å². The molecule has 0 saturated heterocycles. The van der Waals surface area contributed by atoms with Crippen molar-refractivity contribution in [1.82, 2.24) is 5.32 Å². The van der Waals surface area contributed by atoms with Crippen molar-refractivity contribution in [3.63, 3.8) is 0 Å². The molecule has 1 amide bonds. The highest BCUT2D eigenvalue weighted by molar-refractivity contribution is 5.99. The lowest BCUT2D eigenvalue weighted by Crippen LogP contribution is -2.16. The Bertz CT molecular complexity index is 321. The van der Waals surface area contributed by atoms with Crippen molar-refractivity contribution in [3.05, 3.63) is 35.5 Å². The van der Waals surface area contributed by atoms with Crippen LogP contribution in [0.25, 0.3) is 0 Å². The maximum absolute atomic E-state index is 11.3. The smallest absolute Gasteiger partial charge is 0.251 e. The van der Waals surface area contributed by atoms with Crippen LogP contribution in [0.4, 0.5) is 0 Å². The standard InChI is InChI=1S/C13H19NO/c1-10(2)7-5-4-6-8-12-11(3)9-14-13(12)15/h4-6,8,10H,7,9H2,1-3H3,(H,14,15)/b5-4-,8-6-. The summed E-state index contributed by atoms with van der Waals surface area (Å²) in [6.45, 7) is 7.04. The van der Waals surface area contributed by atoms with Crippen LogP contribution in [-0.4, -0.2) is 12.5 Å². The van der Waals surface area contributed by atoms with Crippen molar-refractivity contribution < 1.29 is 4.79 Å². The highest BCUT2D eigenvalue weighted by Gasteiger charge is 2.15. The Morgan fingerprint density at radius 3 is 2.67 bits per heavy atom. The van der Waals surface area contributed by atoms with E-state index in [1.807, 2.05) is 25.2 Å². The first kappa shape index (κ1) is 11.8. The molecule has 0 radical (unpaired) electrons. The number of allylic oxidation sites excluding steroid dienone is 3. The van der Waals surface area contributed by atoms with Crippen molar-refractivity contribution in [2.75, 3.05) is 6.54 Å². The average molecular weight is 205 g/mol. The van der Waals surface area contributed by atoms with Gasteiger partial charge in [-0.25, -0.2) is 0 Å². The van der Waals surface area contributed by atoms with Crippen LogP contribution in [0, 0.1) is 5.92 Å². The van der Waals surface area contributed by atoms with E-state index in [9.17, 15) is 4.79 Å². The van der Waals surface area contributed by atoms with Crippen LogP contribution in [0.15, 0.2) is 35.5 Å². The van der Waals surface area contributed by atoms with E-state index in [4.69, 9.17) is 0 Å². The van der Waals surface area contributed by atoms with Crippen LogP contribution in [-0.2, 0) is 4.79 Å². The van der Waals surface area contributed by atoms with E-state index < -0.39 is 0 Å². The minimum atomic E-state index is 0.0426. The van der Waals surface area contributed by atoms with E-state index in [0.29, 0.717) is 12.5 Å². The second-order valence-corrected chi connectivity index (χ2v) is 4.29. The molecule has 0 aromatic carbocycles. The zero-order valence-electron chi connectivity index (χ0n) is 9.71. The molecule has 1 aliphatic heterocycles. The van der Waals surface area contributed by atoms with E-state index >= 15 is 0 Å². The van der Waals surface area contributed by atoms with Gasteiger partial charge in [0.2, 0.25) is 0 Å². The molecule has 1 heterocycles. The largest absolute Gasteiger partial charge is 0.348 e. The summed E-state index contributed by atoms with van der Waals surface area (Å²) < 4.78 is 0. The van der Waals surface area contributed by atoms with Crippen molar-refractivity contribution in [3.8, 4) is 0 Å². The third kappa shape index (κ3) is 3.74. The van der Waals surface area contributed by atoms with Gasteiger partial charge < -0.3 is 5.32 Å². The van der Waals surface area contributed by atoms with Gasteiger partial charge in [0.05, 0.1) is 0 Å². The molecule has 0 atom stereocenters. The molecule has 0 spiro atoms. The second kappa shape index (κ2) is 5.54. The molecule has 0 aromatic rings. The van der Waals surface area contributed by atoms with Gasteiger partial charge in [-0.1, -0.05) is 32.1 Å². The van der Waals surface area contributed by atoms with E-state index in [0.717, 1.165) is 17.6 Å². The summed E-state index contributed by atoms with van der Waals surface area (Å²) in [5.41, 5.74) is 1.93. The van der Waals surface area contributed by atoms with Gasteiger partial charge in [-0.2, -0.15) is 0 Å². The van der Waals surface area contributed by atoms with Gasteiger partial charge in [0, 0.05) is 12.1 Å². The fraction of sp³-hybridized carbons (Fsp3) is 0.462. The first-order valence-electron chi connectivity index (χ1n) is 5.42. The van der Waals surface area contributed by atoms with E-state index in [-0.39, 0.29) is 5.91 Å². The molecule has 2 nitrogen and oxygen atoms in total. The maximum atomic E-state index is 11.3. The first-order chi connectivity index (χ1) is 7.11. The predicted molar refractivity (Wildman–Crippen MR) is 63.4 cm³/mol. The molecule has 82 valence electrons. The van der Waals surface area contributed by atoms with Crippen molar-refractivity contribution in [2.45, 2.75) is 27.2 Å². The molecule has 1 N–H and O–H groups in total. The molecule has 0 aliphatic carbocycles. The summed E-state index contributed by atoms with van der Waals surface area (Å²) in [6, 6.07) is 0. The summed E-state index contributed by atoms with van der Waals surface area (Å²) in [5, 5.41) is 2.79. The van der Waals surface area contributed by atoms with Crippen LogP contribution in [0.1, 0.15) is 27.2 Å². The number of carbonyl (C=O) groups is 1. The number of hydrogen-bond donors (Lipinski definition) is 1. The monoisotopic (exact) mass is 205 g/mol. The molecule has 1 aliphatic rings. The summed E-state index contributed by atoms with van der Waals surface area (Å²) >= 11 is 0. The lowest BCUT2D eigenvalue weighted by Gasteiger charge is -1.95. The van der Waals surface area contributed by atoms with E-state index in [1.165, 1.54) is 0 Å². The molecule has 0 unspecified atom stereocenters. The van der Waals surface area contributed by atoms with Gasteiger partial charge in [0.15, 0.2) is 0 Å². The Balaban J connectivity index is 2.48. The van der Waals surface area contributed by atoms with Gasteiger partial charge in [0.1, 0.15) is 0 Å². The molecule has 0 aromatic heterocycles. The number of carbonyl (C=O) groups excluding carboxylic acids is 1. The number of nitrogens with one attached hydrogen (secondary N) is 1. The summed E-state index contributed by atoms with van der Waals surface area (Å²) in [6.07, 6.45) is 9.03. The van der Waals surface area contributed by atoms with Crippen LogP contribution in [0.5, 0.6) is 0 Å². The van der Waals surface area contributed by atoms with Crippen molar-refractivity contribution in [2.24, 2.45) is 5.92 Å². The molecule has 2 heteroatoms. The average Bonchev–Trinajstić information content (AvgIpc) is 2.47. The lowest BCUT2D eigenvalue weighted by atomic mass is 10.1. The molecule has 15 heavy (non-hydrogen) atoms. The molecule has 0 fully saturated rings. The summed E-state index contributed by atoms with van der Waals surface area (Å²) in [7, 11) is 0. The first-order valence-corrected chi connectivity index (χ1v) is 5.42. The zero-order valence-corrected chi connectivity index (χ0v) is 9.71. The summed E-state index contributed by atoms with van der Waals surface area (Å²) in [4.78, 5) is 11.3. The van der Waals surface area contributed by atoms with Crippen LogP contribution in [0.3, 0.4) is 0 Å². The third-order valence-electron chi connectivity index (χ3n) is 2.34. The Hall–Kier alpha value is -1.31. The zero-order chi connectivity index (χ0) is 11.3. The van der Waals surface area contributed by atoms with Crippen LogP contribution < -0.4 is 5.32 Å². The molecular weight excluding hydrogens is 186 g/mol. The molecule has 0 saturated carbocycles. The van der Waals surface area contributed by atoms with Crippen molar-refractivity contribution in [1.29, 1.82) is 0 Å². The van der Waals surface area contributed by atoms with Crippen molar-refractivity contribution >= 4 is 5.91 Å². The SMILES string of the molecule is CC1=C(/C=C\C=C/CC(C)C)C(=O)NC1. The minimum Gasteiger partial charge on any atom is -0.348 e. The van der Waals surface area contributed by atoms with E-state index in [2.05, 4.69) is 25.2 Å². The Morgan fingerprint density at radius 1 is 1.40 bits per heavy atom. The maximum Gasteiger partial charge on any atom is 0.251 e. The highest BCUT2D eigenvalue weighted by Crippen LogP contribution is 2.11. The van der Waals surface area contributed by atoms with Gasteiger partial charge in [-0.05, 0) is 30.9 Å². The van der Waals surface area contributed by atoms with Gasteiger partial charge >= 0.3 is 0 Å². The van der Waals surface area contributed by atoms with E-state index in [1.54, 1.807) is 0 Å². The number of amides is 1. The lowest BCUT2D eigenvalue weighted by molar-refractivity contribution is -0.116. The van der Waals surface area contributed by atoms with Gasteiger partial charge in [-0.15, -0.1) is 0 Å². The van der Waals surface area contributed by atoms with Gasteiger partial charge in [0.25, 0.3) is 5.91 Å². The highest BCUT2D eigenvalue weighted by atomic mass is 16.1. The normalized spacial score (nSPS) is 17.5. The second-order valence-electron chi connectivity index (χ2n) is 4.29. The molecular formula is C13H19NO. The fourth-order valence-corrected chi connectivity index (χ4v) is 1.40. The minimum absolute atomic E-state index is 0.0426. The fourth-order valence-electron chi connectivity index (χ4n) is 1.40. The quantitative estimate of drug-likeness (QED) is 0.702. The molecule has 0 bridgehead atoms. The number of rotatable bonds is 4. The Labute approximate surface area is 91.8 Å². The summed E-state index contributed by atoms with van der Waals surface area (Å²) in [5.74, 6) is 0.728. The van der Waals surface area contributed by atoms with Crippen LogP contribution >= 0.6 is 0 Å².